The monoisotopic (exact) mass is 259 g/mol. The predicted octanol–water partition coefficient (Wildman–Crippen LogP) is 2.98. The van der Waals surface area contributed by atoms with Gasteiger partial charge in [-0.05, 0) is 42.6 Å². The van der Waals surface area contributed by atoms with Gasteiger partial charge < -0.3 is 10.4 Å². The molecule has 1 unspecified atom stereocenters. The Balaban J connectivity index is 2.39. The zero-order chi connectivity index (χ0) is 12.7. The maximum absolute atomic E-state index is 13.1. The van der Waals surface area contributed by atoms with Gasteiger partial charge in [0.1, 0.15) is 5.82 Å². The second kappa shape index (κ2) is 7.64. The highest BCUT2D eigenvalue weighted by molar-refractivity contribution is 6.30. The Morgan fingerprint density at radius 2 is 2.18 bits per heavy atom. The van der Waals surface area contributed by atoms with Gasteiger partial charge in [-0.25, -0.2) is 4.39 Å². The van der Waals surface area contributed by atoms with Gasteiger partial charge in [0.2, 0.25) is 0 Å². The average Bonchev–Trinajstić information content (AvgIpc) is 2.26. The number of halogens is 2. The fraction of sp³-hybridized carbons (Fsp3) is 0.538. The third-order valence-electron chi connectivity index (χ3n) is 2.80. The molecule has 2 N–H and O–H groups in total. The second-order valence-corrected chi connectivity index (χ2v) is 4.63. The Kier molecular flexibility index (Phi) is 6.48. The van der Waals surface area contributed by atoms with E-state index in [4.69, 9.17) is 16.7 Å². The summed E-state index contributed by atoms with van der Waals surface area (Å²) in [6.45, 7) is 3.73. The van der Waals surface area contributed by atoms with Crippen LogP contribution < -0.4 is 5.32 Å². The van der Waals surface area contributed by atoms with Crippen LogP contribution in [-0.4, -0.2) is 18.3 Å². The van der Waals surface area contributed by atoms with Crippen molar-refractivity contribution < 1.29 is 9.50 Å². The highest BCUT2D eigenvalue weighted by Crippen LogP contribution is 2.14. The zero-order valence-electron chi connectivity index (χ0n) is 10.0. The quantitative estimate of drug-likeness (QED) is 0.789. The van der Waals surface area contributed by atoms with Crippen LogP contribution in [0.1, 0.15) is 25.3 Å². The van der Waals surface area contributed by atoms with Crippen molar-refractivity contribution in [3.05, 3.63) is 34.6 Å². The normalized spacial score (nSPS) is 12.7. The number of hydrogen-bond donors (Lipinski definition) is 2. The molecule has 0 aliphatic carbocycles. The summed E-state index contributed by atoms with van der Waals surface area (Å²) < 4.78 is 13.1. The maximum Gasteiger partial charge on any atom is 0.125 e. The molecule has 1 rings (SSSR count). The number of hydrogen-bond acceptors (Lipinski definition) is 2. The van der Waals surface area contributed by atoms with Crippen LogP contribution >= 0.6 is 11.6 Å². The van der Waals surface area contributed by atoms with E-state index >= 15 is 0 Å². The van der Waals surface area contributed by atoms with Gasteiger partial charge in [-0.2, -0.15) is 0 Å². The van der Waals surface area contributed by atoms with Gasteiger partial charge in [0.05, 0.1) is 0 Å². The maximum atomic E-state index is 13.1. The van der Waals surface area contributed by atoms with E-state index in [1.807, 2.05) is 0 Å². The van der Waals surface area contributed by atoms with Crippen LogP contribution in [0.4, 0.5) is 4.39 Å². The lowest BCUT2D eigenvalue weighted by Gasteiger charge is -2.14. The molecule has 0 saturated carbocycles. The summed E-state index contributed by atoms with van der Waals surface area (Å²) in [5.74, 6) is 0.153. The SMILES string of the molecule is CCC(CCO)CNCc1cc(F)cc(Cl)c1. The van der Waals surface area contributed by atoms with Gasteiger partial charge in [0.15, 0.2) is 0 Å². The molecule has 4 heteroatoms. The van der Waals surface area contributed by atoms with Crippen LogP contribution in [0.2, 0.25) is 5.02 Å². The van der Waals surface area contributed by atoms with Crippen molar-refractivity contribution in [2.45, 2.75) is 26.3 Å². The van der Waals surface area contributed by atoms with Crippen LogP contribution in [0.15, 0.2) is 18.2 Å². The minimum Gasteiger partial charge on any atom is -0.396 e. The van der Waals surface area contributed by atoms with Crippen molar-refractivity contribution >= 4 is 11.6 Å². The van der Waals surface area contributed by atoms with Crippen LogP contribution in [0.3, 0.4) is 0 Å². The Morgan fingerprint density at radius 1 is 1.41 bits per heavy atom. The van der Waals surface area contributed by atoms with Crippen molar-refractivity contribution in [3.8, 4) is 0 Å². The molecular formula is C13H19ClFNO. The molecule has 0 aliphatic rings. The van der Waals surface area contributed by atoms with E-state index < -0.39 is 0 Å². The summed E-state index contributed by atoms with van der Waals surface area (Å²) in [6, 6.07) is 4.53. The summed E-state index contributed by atoms with van der Waals surface area (Å²) in [6.07, 6.45) is 1.82. The number of aliphatic hydroxyl groups is 1. The van der Waals surface area contributed by atoms with E-state index in [9.17, 15) is 4.39 Å². The molecule has 0 saturated heterocycles. The molecule has 1 aromatic rings. The lowest BCUT2D eigenvalue weighted by Crippen LogP contribution is -2.23. The van der Waals surface area contributed by atoms with Crippen LogP contribution in [-0.2, 0) is 6.54 Å². The molecule has 2 nitrogen and oxygen atoms in total. The van der Waals surface area contributed by atoms with E-state index in [2.05, 4.69) is 12.2 Å². The van der Waals surface area contributed by atoms with E-state index in [-0.39, 0.29) is 12.4 Å². The average molecular weight is 260 g/mol. The molecule has 0 heterocycles. The van der Waals surface area contributed by atoms with Crippen molar-refractivity contribution in [1.29, 1.82) is 0 Å². The molecule has 0 fully saturated rings. The first-order valence-corrected chi connectivity index (χ1v) is 6.30. The summed E-state index contributed by atoms with van der Waals surface area (Å²) in [5, 5.41) is 12.5. The predicted molar refractivity (Wildman–Crippen MR) is 68.6 cm³/mol. The first-order chi connectivity index (χ1) is 8.15. The Morgan fingerprint density at radius 3 is 2.76 bits per heavy atom. The Labute approximate surface area is 107 Å². The molecular weight excluding hydrogens is 241 g/mol. The lowest BCUT2D eigenvalue weighted by molar-refractivity contribution is 0.251. The molecule has 0 spiro atoms. The third-order valence-corrected chi connectivity index (χ3v) is 3.02. The van der Waals surface area contributed by atoms with Gasteiger partial charge in [0.25, 0.3) is 0 Å². The fourth-order valence-electron chi connectivity index (χ4n) is 1.77. The van der Waals surface area contributed by atoms with E-state index in [0.29, 0.717) is 17.5 Å². The standard InChI is InChI=1S/C13H19ClFNO/c1-2-10(3-4-17)8-16-9-11-5-12(14)7-13(15)6-11/h5-7,10,16-17H,2-4,8-9H2,1H3. The van der Waals surface area contributed by atoms with Gasteiger partial charge in [-0.1, -0.05) is 24.9 Å². The van der Waals surface area contributed by atoms with E-state index in [1.165, 1.54) is 12.1 Å². The molecule has 0 radical (unpaired) electrons. The number of rotatable bonds is 7. The highest BCUT2D eigenvalue weighted by atomic mass is 35.5. The summed E-state index contributed by atoms with van der Waals surface area (Å²) in [5.41, 5.74) is 0.842. The minimum atomic E-state index is -0.309. The summed E-state index contributed by atoms with van der Waals surface area (Å²) >= 11 is 5.77. The van der Waals surface area contributed by atoms with E-state index in [1.54, 1.807) is 6.07 Å². The first-order valence-electron chi connectivity index (χ1n) is 5.92. The second-order valence-electron chi connectivity index (χ2n) is 4.20. The highest BCUT2D eigenvalue weighted by Gasteiger charge is 2.05. The summed E-state index contributed by atoms with van der Waals surface area (Å²) in [7, 11) is 0. The van der Waals surface area contributed by atoms with Crippen LogP contribution in [0, 0.1) is 11.7 Å². The lowest BCUT2D eigenvalue weighted by atomic mass is 10.0. The largest absolute Gasteiger partial charge is 0.396 e. The molecule has 0 aliphatic heterocycles. The minimum absolute atomic E-state index is 0.214. The van der Waals surface area contributed by atoms with Crippen molar-refractivity contribution in [2.75, 3.05) is 13.2 Å². The Hall–Kier alpha value is -0.640. The summed E-state index contributed by atoms with van der Waals surface area (Å²) in [4.78, 5) is 0. The zero-order valence-corrected chi connectivity index (χ0v) is 10.8. The molecule has 17 heavy (non-hydrogen) atoms. The number of nitrogens with one attached hydrogen (secondary N) is 1. The molecule has 0 aromatic heterocycles. The first kappa shape index (κ1) is 14.4. The number of benzene rings is 1. The smallest absolute Gasteiger partial charge is 0.125 e. The van der Waals surface area contributed by atoms with Gasteiger partial charge in [0, 0.05) is 18.2 Å². The van der Waals surface area contributed by atoms with Crippen molar-refractivity contribution in [2.24, 2.45) is 5.92 Å². The van der Waals surface area contributed by atoms with Crippen molar-refractivity contribution in [3.63, 3.8) is 0 Å². The van der Waals surface area contributed by atoms with Gasteiger partial charge in [-0.3, -0.25) is 0 Å². The van der Waals surface area contributed by atoms with Crippen molar-refractivity contribution in [1.82, 2.24) is 5.32 Å². The van der Waals surface area contributed by atoms with Gasteiger partial charge >= 0.3 is 0 Å². The fourth-order valence-corrected chi connectivity index (χ4v) is 2.01. The number of aliphatic hydroxyl groups excluding tert-OH is 1. The van der Waals surface area contributed by atoms with Gasteiger partial charge in [-0.15, -0.1) is 0 Å². The van der Waals surface area contributed by atoms with Crippen LogP contribution in [0.5, 0.6) is 0 Å². The van der Waals surface area contributed by atoms with E-state index in [0.717, 1.165) is 24.9 Å². The molecule has 1 atom stereocenters. The molecule has 96 valence electrons. The van der Waals surface area contributed by atoms with Crippen LogP contribution in [0.25, 0.3) is 0 Å². The third kappa shape index (κ3) is 5.48. The molecule has 0 bridgehead atoms. The molecule has 1 aromatic carbocycles. The molecule has 0 amide bonds. The Bertz CT molecular complexity index is 326. The topological polar surface area (TPSA) is 32.3 Å².